The zero-order valence-corrected chi connectivity index (χ0v) is 12.7. The Balaban J connectivity index is 1.78. The summed E-state index contributed by atoms with van der Waals surface area (Å²) in [5.74, 6) is 0.579. The second-order valence-electron chi connectivity index (χ2n) is 4.79. The number of carbonyl (C=O) groups is 1. The van der Waals surface area contributed by atoms with Crippen LogP contribution in [0.4, 0.5) is 5.69 Å². The topological polar surface area (TPSA) is 62.7 Å². The number of aryl methyl sites for hydroxylation is 1. The minimum Gasteiger partial charge on any atom is -0.497 e. The maximum Gasteiger partial charge on any atom is 0.259 e. The molecular formula is C17H19N3O2. The lowest BCUT2D eigenvalue weighted by molar-refractivity contribution is -0.119. The van der Waals surface area contributed by atoms with E-state index in [-0.39, 0.29) is 12.5 Å². The van der Waals surface area contributed by atoms with Crippen molar-refractivity contribution in [1.29, 1.82) is 0 Å². The molecule has 0 saturated carbocycles. The Kier molecular flexibility index (Phi) is 5.54. The first-order chi connectivity index (χ1) is 10.7. The average molecular weight is 297 g/mol. The van der Waals surface area contributed by atoms with E-state index in [1.54, 1.807) is 13.3 Å². The van der Waals surface area contributed by atoms with E-state index in [9.17, 15) is 4.79 Å². The third kappa shape index (κ3) is 4.94. The molecule has 0 unspecified atom stereocenters. The number of nitrogens with zero attached hydrogens (tertiary/aromatic N) is 1. The normalized spacial score (nSPS) is 10.5. The summed E-state index contributed by atoms with van der Waals surface area (Å²) in [6.45, 7) is 2.17. The van der Waals surface area contributed by atoms with Crippen LogP contribution in [-0.2, 0) is 4.79 Å². The Labute approximate surface area is 130 Å². The van der Waals surface area contributed by atoms with Crippen LogP contribution in [0.2, 0.25) is 0 Å². The number of rotatable bonds is 6. The lowest BCUT2D eigenvalue weighted by Crippen LogP contribution is -2.25. The van der Waals surface area contributed by atoms with Crippen molar-refractivity contribution < 1.29 is 9.53 Å². The molecule has 0 bridgehead atoms. The van der Waals surface area contributed by atoms with E-state index in [1.807, 2.05) is 55.5 Å². The summed E-state index contributed by atoms with van der Waals surface area (Å²) in [6.07, 6.45) is 1.59. The highest BCUT2D eigenvalue weighted by Crippen LogP contribution is 2.10. The third-order valence-electron chi connectivity index (χ3n) is 2.99. The van der Waals surface area contributed by atoms with Gasteiger partial charge in [0.25, 0.3) is 5.91 Å². The second kappa shape index (κ2) is 7.83. The highest BCUT2D eigenvalue weighted by molar-refractivity contribution is 5.84. The van der Waals surface area contributed by atoms with Gasteiger partial charge >= 0.3 is 0 Å². The molecule has 2 rings (SSSR count). The Morgan fingerprint density at radius 2 is 2.00 bits per heavy atom. The fraction of sp³-hybridized carbons (Fsp3) is 0.176. The first-order valence-corrected chi connectivity index (χ1v) is 6.94. The summed E-state index contributed by atoms with van der Waals surface area (Å²) < 4.78 is 5.07. The summed E-state index contributed by atoms with van der Waals surface area (Å²) in [5.41, 5.74) is 5.42. The molecule has 0 aliphatic carbocycles. The van der Waals surface area contributed by atoms with Gasteiger partial charge in [-0.15, -0.1) is 0 Å². The molecule has 0 spiro atoms. The van der Waals surface area contributed by atoms with Gasteiger partial charge in [0.15, 0.2) is 0 Å². The molecule has 0 radical (unpaired) electrons. The molecule has 22 heavy (non-hydrogen) atoms. The molecule has 0 aromatic heterocycles. The Morgan fingerprint density at radius 1 is 1.23 bits per heavy atom. The van der Waals surface area contributed by atoms with Crippen LogP contribution in [0.5, 0.6) is 5.75 Å². The quantitative estimate of drug-likeness (QED) is 0.636. The zero-order chi connectivity index (χ0) is 15.8. The van der Waals surface area contributed by atoms with Gasteiger partial charge in [0, 0.05) is 5.69 Å². The third-order valence-corrected chi connectivity index (χ3v) is 2.99. The van der Waals surface area contributed by atoms with Crippen molar-refractivity contribution >= 4 is 17.8 Å². The van der Waals surface area contributed by atoms with Crippen molar-refractivity contribution in [2.24, 2.45) is 5.10 Å². The van der Waals surface area contributed by atoms with Crippen molar-refractivity contribution in [3.05, 3.63) is 59.7 Å². The number of amides is 1. The molecular weight excluding hydrogens is 278 g/mol. The highest BCUT2D eigenvalue weighted by atomic mass is 16.5. The minimum atomic E-state index is -0.203. The summed E-state index contributed by atoms with van der Waals surface area (Å²) >= 11 is 0. The van der Waals surface area contributed by atoms with Crippen molar-refractivity contribution in [1.82, 2.24) is 5.43 Å². The number of ether oxygens (including phenoxy) is 1. The fourth-order valence-corrected chi connectivity index (χ4v) is 1.85. The van der Waals surface area contributed by atoms with E-state index in [0.29, 0.717) is 0 Å². The number of methoxy groups -OCH3 is 1. The van der Waals surface area contributed by atoms with Gasteiger partial charge in [-0.25, -0.2) is 5.43 Å². The molecule has 2 N–H and O–H groups in total. The average Bonchev–Trinajstić information content (AvgIpc) is 2.54. The zero-order valence-electron chi connectivity index (χ0n) is 12.7. The number of hydrazone groups is 1. The monoisotopic (exact) mass is 297 g/mol. The molecule has 2 aromatic rings. The number of carbonyl (C=O) groups excluding carboxylic acids is 1. The summed E-state index contributed by atoms with van der Waals surface area (Å²) in [4.78, 5) is 11.7. The molecule has 0 heterocycles. The van der Waals surface area contributed by atoms with E-state index >= 15 is 0 Å². The molecule has 0 atom stereocenters. The molecule has 0 aliphatic rings. The summed E-state index contributed by atoms with van der Waals surface area (Å²) in [6, 6.07) is 15.2. The largest absolute Gasteiger partial charge is 0.497 e. The van der Waals surface area contributed by atoms with E-state index < -0.39 is 0 Å². The second-order valence-corrected chi connectivity index (χ2v) is 4.79. The smallest absolute Gasteiger partial charge is 0.259 e. The van der Waals surface area contributed by atoms with E-state index in [0.717, 1.165) is 22.6 Å². The number of anilines is 1. The van der Waals surface area contributed by atoms with Gasteiger partial charge < -0.3 is 10.1 Å². The summed E-state index contributed by atoms with van der Waals surface area (Å²) in [5, 5.41) is 6.97. The van der Waals surface area contributed by atoms with E-state index in [2.05, 4.69) is 15.8 Å². The van der Waals surface area contributed by atoms with E-state index in [1.165, 1.54) is 0 Å². The number of benzene rings is 2. The first-order valence-electron chi connectivity index (χ1n) is 6.94. The van der Waals surface area contributed by atoms with Crippen LogP contribution >= 0.6 is 0 Å². The van der Waals surface area contributed by atoms with Crippen molar-refractivity contribution in [2.75, 3.05) is 19.0 Å². The predicted octanol–water partition coefficient (Wildman–Crippen LogP) is 2.57. The Morgan fingerprint density at radius 3 is 2.68 bits per heavy atom. The van der Waals surface area contributed by atoms with Crippen LogP contribution in [0.1, 0.15) is 11.1 Å². The Bertz CT molecular complexity index is 651. The predicted molar refractivity (Wildman–Crippen MR) is 88.4 cm³/mol. The summed E-state index contributed by atoms with van der Waals surface area (Å²) in [7, 11) is 1.62. The van der Waals surface area contributed by atoms with Crippen LogP contribution in [0, 0.1) is 6.92 Å². The standard InChI is InChI=1S/C17H19N3O2/c1-13-4-3-5-15(10-13)18-12-17(21)20-19-11-14-6-8-16(22-2)9-7-14/h3-11,18H,12H2,1-2H3,(H,20,21)/b19-11+. The number of nitrogens with one attached hydrogen (secondary N) is 2. The van der Waals surface area contributed by atoms with Crippen molar-refractivity contribution in [3.8, 4) is 5.75 Å². The van der Waals surface area contributed by atoms with Gasteiger partial charge in [0.1, 0.15) is 5.75 Å². The van der Waals surface area contributed by atoms with Gasteiger partial charge in [0.2, 0.25) is 0 Å². The number of hydrogen-bond acceptors (Lipinski definition) is 4. The van der Waals surface area contributed by atoms with Gasteiger partial charge in [0.05, 0.1) is 19.9 Å². The van der Waals surface area contributed by atoms with Crippen LogP contribution < -0.4 is 15.5 Å². The maximum atomic E-state index is 11.7. The van der Waals surface area contributed by atoms with Crippen molar-refractivity contribution in [3.63, 3.8) is 0 Å². The Hall–Kier alpha value is -2.82. The van der Waals surface area contributed by atoms with Crippen LogP contribution in [0.3, 0.4) is 0 Å². The minimum absolute atomic E-state index is 0.170. The molecule has 5 heteroatoms. The van der Waals surface area contributed by atoms with Gasteiger partial charge in [-0.3, -0.25) is 4.79 Å². The fourth-order valence-electron chi connectivity index (χ4n) is 1.85. The van der Waals surface area contributed by atoms with Crippen molar-refractivity contribution in [2.45, 2.75) is 6.92 Å². The lowest BCUT2D eigenvalue weighted by atomic mass is 10.2. The van der Waals surface area contributed by atoms with E-state index in [4.69, 9.17) is 4.74 Å². The molecule has 2 aromatic carbocycles. The van der Waals surface area contributed by atoms with Crippen LogP contribution in [0.15, 0.2) is 53.6 Å². The van der Waals surface area contributed by atoms with Gasteiger partial charge in [-0.2, -0.15) is 5.10 Å². The molecule has 0 aliphatic heterocycles. The SMILES string of the molecule is COc1ccc(/C=N/NC(=O)CNc2cccc(C)c2)cc1. The molecule has 0 saturated heterocycles. The molecule has 5 nitrogen and oxygen atoms in total. The number of hydrogen-bond donors (Lipinski definition) is 2. The molecule has 114 valence electrons. The van der Waals surface area contributed by atoms with Gasteiger partial charge in [-0.05, 0) is 54.4 Å². The maximum absolute atomic E-state index is 11.7. The highest BCUT2D eigenvalue weighted by Gasteiger charge is 1.99. The lowest BCUT2D eigenvalue weighted by Gasteiger charge is -2.05. The molecule has 1 amide bonds. The van der Waals surface area contributed by atoms with Crippen LogP contribution in [0.25, 0.3) is 0 Å². The first kappa shape index (κ1) is 15.6. The van der Waals surface area contributed by atoms with Crippen LogP contribution in [-0.4, -0.2) is 25.8 Å². The van der Waals surface area contributed by atoms with Gasteiger partial charge in [-0.1, -0.05) is 12.1 Å². The molecule has 0 fully saturated rings.